The van der Waals surface area contributed by atoms with Crippen molar-refractivity contribution in [3.8, 4) is 0 Å². The number of aromatic nitrogens is 2. The van der Waals surface area contributed by atoms with Crippen LogP contribution in [0.25, 0.3) is 10.9 Å². The zero-order valence-corrected chi connectivity index (χ0v) is 14.8. The first kappa shape index (κ1) is 16.3. The summed E-state index contributed by atoms with van der Waals surface area (Å²) in [4.78, 5) is 33.4. The molecule has 0 aliphatic heterocycles. The number of urea groups is 1. The minimum Gasteiger partial charge on any atom is -0.335 e. The number of para-hydroxylation sites is 1. The van der Waals surface area contributed by atoms with Crippen LogP contribution in [0.4, 0.5) is 4.79 Å². The van der Waals surface area contributed by atoms with Gasteiger partial charge in [-0.3, -0.25) is 10.1 Å². The van der Waals surface area contributed by atoms with Crippen LogP contribution in [0, 0.1) is 0 Å². The van der Waals surface area contributed by atoms with Gasteiger partial charge in [0, 0.05) is 17.3 Å². The van der Waals surface area contributed by atoms with E-state index in [-0.39, 0.29) is 11.9 Å². The molecule has 0 spiro atoms. The van der Waals surface area contributed by atoms with Gasteiger partial charge in [0.25, 0.3) is 0 Å². The van der Waals surface area contributed by atoms with Crippen LogP contribution in [0.5, 0.6) is 0 Å². The standard InChI is InChI=1S/C18H20N4O2S/c1-10(16(23)22-18(24)19-12-8-9-12)25-17-13-4-2-3-5-14(13)20-15(21-17)11-6-7-11/h2-5,10-12H,6-9H2,1H3,(H2,19,22,23,24). The number of imide groups is 1. The Bertz CT molecular complexity index is 833. The number of fused-ring (bicyclic) bond motifs is 1. The Balaban J connectivity index is 1.50. The third-order valence-corrected chi connectivity index (χ3v) is 5.44. The Hall–Kier alpha value is -2.15. The monoisotopic (exact) mass is 356 g/mol. The highest BCUT2D eigenvalue weighted by Crippen LogP contribution is 2.40. The van der Waals surface area contributed by atoms with Crippen LogP contribution in [-0.4, -0.2) is 33.2 Å². The third-order valence-electron chi connectivity index (χ3n) is 4.33. The van der Waals surface area contributed by atoms with Crippen molar-refractivity contribution in [2.45, 2.75) is 54.8 Å². The van der Waals surface area contributed by atoms with Crippen LogP contribution in [0.2, 0.25) is 0 Å². The van der Waals surface area contributed by atoms with E-state index in [1.54, 1.807) is 6.92 Å². The molecule has 2 aliphatic carbocycles. The molecule has 0 bridgehead atoms. The van der Waals surface area contributed by atoms with Gasteiger partial charge in [-0.1, -0.05) is 30.0 Å². The molecule has 2 aromatic rings. The normalized spacial score (nSPS) is 18.0. The number of hydrogen-bond donors (Lipinski definition) is 2. The van der Waals surface area contributed by atoms with Crippen LogP contribution < -0.4 is 10.6 Å². The molecular formula is C18H20N4O2S. The number of carbonyl (C=O) groups is 2. The van der Waals surface area contributed by atoms with Crippen molar-refractivity contribution in [2.75, 3.05) is 0 Å². The number of rotatable bonds is 5. The van der Waals surface area contributed by atoms with Crippen molar-refractivity contribution in [2.24, 2.45) is 0 Å². The van der Waals surface area contributed by atoms with Gasteiger partial charge in [-0.05, 0) is 38.7 Å². The van der Waals surface area contributed by atoms with E-state index in [1.165, 1.54) is 11.8 Å². The zero-order chi connectivity index (χ0) is 17.4. The summed E-state index contributed by atoms with van der Waals surface area (Å²) in [7, 11) is 0. The van der Waals surface area contributed by atoms with Gasteiger partial charge in [0.05, 0.1) is 10.8 Å². The fraction of sp³-hybridized carbons (Fsp3) is 0.444. The van der Waals surface area contributed by atoms with Crippen LogP contribution in [0.1, 0.15) is 44.3 Å². The molecule has 1 atom stereocenters. The van der Waals surface area contributed by atoms with Crippen molar-refractivity contribution < 1.29 is 9.59 Å². The summed E-state index contributed by atoms with van der Waals surface area (Å²) >= 11 is 1.37. The summed E-state index contributed by atoms with van der Waals surface area (Å²) in [5.41, 5.74) is 0.904. The first-order chi connectivity index (χ1) is 12.1. The first-order valence-electron chi connectivity index (χ1n) is 8.65. The average molecular weight is 356 g/mol. The Kier molecular flexibility index (Phi) is 4.33. The maximum atomic E-state index is 12.3. The molecule has 1 unspecified atom stereocenters. The molecule has 0 radical (unpaired) electrons. The van der Waals surface area contributed by atoms with Gasteiger partial charge in [-0.25, -0.2) is 14.8 Å². The highest BCUT2D eigenvalue weighted by Gasteiger charge is 2.29. The van der Waals surface area contributed by atoms with E-state index in [4.69, 9.17) is 4.98 Å². The lowest BCUT2D eigenvalue weighted by Crippen LogP contribution is -2.43. The van der Waals surface area contributed by atoms with Crippen molar-refractivity contribution in [1.82, 2.24) is 20.6 Å². The van der Waals surface area contributed by atoms with Crippen molar-refractivity contribution in [1.29, 1.82) is 0 Å². The molecule has 7 heteroatoms. The van der Waals surface area contributed by atoms with Crippen LogP contribution in [0.3, 0.4) is 0 Å². The van der Waals surface area contributed by atoms with E-state index in [0.29, 0.717) is 5.92 Å². The fourth-order valence-electron chi connectivity index (χ4n) is 2.56. The molecule has 2 fully saturated rings. The molecule has 4 rings (SSSR count). The van der Waals surface area contributed by atoms with E-state index in [9.17, 15) is 9.59 Å². The molecule has 25 heavy (non-hydrogen) atoms. The second-order valence-corrected chi connectivity index (χ2v) is 8.00. The van der Waals surface area contributed by atoms with E-state index in [1.807, 2.05) is 24.3 Å². The molecule has 6 nitrogen and oxygen atoms in total. The van der Waals surface area contributed by atoms with Crippen molar-refractivity contribution >= 4 is 34.6 Å². The molecule has 3 amide bonds. The second-order valence-electron chi connectivity index (χ2n) is 6.68. The minimum absolute atomic E-state index is 0.225. The second kappa shape index (κ2) is 6.63. The van der Waals surface area contributed by atoms with E-state index in [2.05, 4.69) is 15.6 Å². The largest absolute Gasteiger partial charge is 0.335 e. The van der Waals surface area contributed by atoms with Crippen molar-refractivity contribution in [3.63, 3.8) is 0 Å². The number of carbonyl (C=O) groups excluding carboxylic acids is 2. The topological polar surface area (TPSA) is 84.0 Å². The predicted molar refractivity (Wildman–Crippen MR) is 96.5 cm³/mol. The average Bonchev–Trinajstić information content (AvgIpc) is 3.48. The quantitative estimate of drug-likeness (QED) is 0.636. The lowest BCUT2D eigenvalue weighted by Gasteiger charge is -2.13. The summed E-state index contributed by atoms with van der Waals surface area (Å²) in [6.07, 6.45) is 4.23. The van der Waals surface area contributed by atoms with Crippen molar-refractivity contribution in [3.05, 3.63) is 30.1 Å². The predicted octanol–water partition coefficient (Wildman–Crippen LogP) is 2.98. The Morgan fingerprint density at radius 2 is 1.92 bits per heavy atom. The number of amides is 3. The molecule has 1 aromatic heterocycles. The summed E-state index contributed by atoms with van der Waals surface area (Å²) in [5.74, 6) is 0.997. The summed E-state index contributed by atoms with van der Waals surface area (Å²) in [5, 5.41) is 6.50. The summed E-state index contributed by atoms with van der Waals surface area (Å²) < 4.78 is 0. The Morgan fingerprint density at radius 1 is 1.16 bits per heavy atom. The van der Waals surface area contributed by atoms with Gasteiger partial charge < -0.3 is 5.32 Å². The minimum atomic E-state index is -0.421. The van der Waals surface area contributed by atoms with Crippen LogP contribution in [0.15, 0.2) is 29.3 Å². The smallest absolute Gasteiger partial charge is 0.321 e. The van der Waals surface area contributed by atoms with E-state index >= 15 is 0 Å². The molecule has 130 valence electrons. The van der Waals surface area contributed by atoms with Gasteiger partial charge in [0.1, 0.15) is 10.9 Å². The van der Waals surface area contributed by atoms with Gasteiger partial charge in [-0.2, -0.15) is 0 Å². The maximum absolute atomic E-state index is 12.3. The summed E-state index contributed by atoms with van der Waals surface area (Å²) in [6, 6.07) is 7.66. The number of hydrogen-bond acceptors (Lipinski definition) is 5. The van der Waals surface area contributed by atoms with E-state index < -0.39 is 11.3 Å². The highest BCUT2D eigenvalue weighted by atomic mass is 32.2. The van der Waals surface area contributed by atoms with Crippen LogP contribution >= 0.6 is 11.8 Å². The lowest BCUT2D eigenvalue weighted by atomic mass is 10.2. The van der Waals surface area contributed by atoms with Gasteiger partial charge in [-0.15, -0.1) is 0 Å². The Morgan fingerprint density at radius 3 is 2.64 bits per heavy atom. The molecule has 2 saturated carbocycles. The SMILES string of the molecule is CC(Sc1nc(C2CC2)nc2ccccc12)C(=O)NC(=O)NC1CC1. The lowest BCUT2D eigenvalue weighted by molar-refractivity contribution is -0.119. The van der Waals surface area contributed by atoms with Crippen LogP contribution in [-0.2, 0) is 4.79 Å². The van der Waals surface area contributed by atoms with E-state index in [0.717, 1.165) is 47.4 Å². The zero-order valence-electron chi connectivity index (χ0n) is 14.0. The molecule has 2 N–H and O–H groups in total. The molecular weight excluding hydrogens is 336 g/mol. The van der Waals surface area contributed by atoms with Gasteiger partial charge in [0.15, 0.2) is 0 Å². The highest BCUT2D eigenvalue weighted by molar-refractivity contribution is 8.00. The fourth-order valence-corrected chi connectivity index (χ4v) is 3.51. The molecule has 0 saturated heterocycles. The number of nitrogens with one attached hydrogen (secondary N) is 2. The van der Waals surface area contributed by atoms with Gasteiger partial charge >= 0.3 is 6.03 Å². The third kappa shape index (κ3) is 3.92. The number of thioether (sulfide) groups is 1. The number of nitrogens with zero attached hydrogens (tertiary/aromatic N) is 2. The van der Waals surface area contributed by atoms with Gasteiger partial charge in [0.2, 0.25) is 5.91 Å². The number of benzene rings is 1. The Labute approximate surface area is 150 Å². The molecule has 2 aliphatic rings. The molecule has 1 heterocycles. The maximum Gasteiger partial charge on any atom is 0.321 e. The summed E-state index contributed by atoms with van der Waals surface area (Å²) in [6.45, 7) is 1.79. The molecule has 1 aromatic carbocycles. The first-order valence-corrected chi connectivity index (χ1v) is 9.53.